The van der Waals surface area contributed by atoms with Gasteiger partial charge in [0.15, 0.2) is 16.7 Å². The summed E-state index contributed by atoms with van der Waals surface area (Å²) >= 11 is 1.22. The number of methoxy groups -OCH3 is 3. The fraction of sp³-hybridized carbons (Fsp3) is 0.207. The number of anilines is 1. The van der Waals surface area contributed by atoms with Crippen molar-refractivity contribution in [1.29, 1.82) is 0 Å². The van der Waals surface area contributed by atoms with Crippen LogP contribution >= 0.6 is 11.8 Å². The summed E-state index contributed by atoms with van der Waals surface area (Å²) < 4.78 is 15.8. The van der Waals surface area contributed by atoms with Gasteiger partial charge in [-0.05, 0) is 60.0 Å². The Bertz CT molecular complexity index is 1340. The van der Waals surface area contributed by atoms with E-state index in [1.54, 1.807) is 27.4 Å². The summed E-state index contributed by atoms with van der Waals surface area (Å²) in [5, 5.41) is 3.39. The Hall–Kier alpha value is -4.24. The zero-order chi connectivity index (χ0) is 26.9. The van der Waals surface area contributed by atoms with Crippen molar-refractivity contribution in [3.63, 3.8) is 0 Å². The second kappa shape index (κ2) is 12.8. The number of aliphatic imine (C=N–C) groups is 1. The molecule has 0 saturated heterocycles. The molecule has 1 aliphatic rings. The minimum Gasteiger partial charge on any atom is -0.497 e. The summed E-state index contributed by atoms with van der Waals surface area (Å²) in [6.07, 6.45) is 2.37. The summed E-state index contributed by atoms with van der Waals surface area (Å²) in [5.74, 6) is 1.77. The van der Waals surface area contributed by atoms with Crippen LogP contribution in [0.25, 0.3) is 6.08 Å². The Kier molecular flexibility index (Phi) is 9.05. The molecule has 1 heterocycles. The molecule has 196 valence electrons. The lowest BCUT2D eigenvalue weighted by Gasteiger charge is -2.17. The normalized spacial score (nSPS) is 13.9. The van der Waals surface area contributed by atoms with E-state index in [0.29, 0.717) is 41.0 Å². The van der Waals surface area contributed by atoms with Gasteiger partial charge in [-0.1, -0.05) is 48.2 Å². The first kappa shape index (κ1) is 26.8. The van der Waals surface area contributed by atoms with Gasteiger partial charge in [-0.3, -0.25) is 14.5 Å². The smallest absolute Gasteiger partial charge is 0.283 e. The predicted octanol–water partition coefficient (Wildman–Crippen LogP) is 4.55. The molecule has 9 heteroatoms. The summed E-state index contributed by atoms with van der Waals surface area (Å²) in [6, 6.07) is 22.3. The van der Waals surface area contributed by atoms with Crippen LogP contribution in [0.1, 0.15) is 11.1 Å². The fourth-order valence-electron chi connectivity index (χ4n) is 3.82. The number of amidine groups is 1. The Balaban J connectivity index is 1.41. The van der Waals surface area contributed by atoms with Gasteiger partial charge in [-0.2, -0.15) is 0 Å². The van der Waals surface area contributed by atoms with Gasteiger partial charge in [0.25, 0.3) is 5.91 Å². The van der Waals surface area contributed by atoms with Crippen molar-refractivity contribution >= 4 is 40.5 Å². The zero-order valence-electron chi connectivity index (χ0n) is 21.5. The second-order valence-electron chi connectivity index (χ2n) is 8.25. The van der Waals surface area contributed by atoms with E-state index in [2.05, 4.69) is 10.3 Å². The van der Waals surface area contributed by atoms with Crippen molar-refractivity contribution in [2.24, 2.45) is 4.99 Å². The molecule has 2 amide bonds. The molecule has 0 spiro atoms. The molecular weight excluding hydrogens is 502 g/mol. The third kappa shape index (κ3) is 6.54. The van der Waals surface area contributed by atoms with Crippen LogP contribution in [0.3, 0.4) is 0 Å². The Labute approximate surface area is 226 Å². The highest BCUT2D eigenvalue weighted by molar-refractivity contribution is 8.14. The van der Waals surface area contributed by atoms with E-state index in [0.717, 1.165) is 16.9 Å². The van der Waals surface area contributed by atoms with Gasteiger partial charge in [-0.25, -0.2) is 4.99 Å². The molecule has 1 aliphatic heterocycles. The third-order valence-corrected chi connectivity index (χ3v) is 6.72. The van der Waals surface area contributed by atoms with E-state index in [-0.39, 0.29) is 17.6 Å². The van der Waals surface area contributed by atoms with Crippen LogP contribution in [0.2, 0.25) is 0 Å². The highest BCUT2D eigenvalue weighted by atomic mass is 32.2. The topological polar surface area (TPSA) is 89.5 Å². The van der Waals surface area contributed by atoms with Gasteiger partial charge < -0.3 is 19.5 Å². The SMILES string of the molecule is COc1ccc(/C=C2/N=C(SCC(=O)NCCc3ccc(OC)c(OC)c3)N(c3ccccc3)C2=O)cc1. The molecule has 0 fully saturated rings. The van der Waals surface area contributed by atoms with Gasteiger partial charge >= 0.3 is 0 Å². The highest BCUT2D eigenvalue weighted by Gasteiger charge is 2.32. The van der Waals surface area contributed by atoms with E-state index >= 15 is 0 Å². The lowest BCUT2D eigenvalue weighted by molar-refractivity contribution is -0.118. The largest absolute Gasteiger partial charge is 0.497 e. The molecule has 8 nitrogen and oxygen atoms in total. The van der Waals surface area contributed by atoms with Crippen LogP contribution in [-0.2, 0) is 16.0 Å². The monoisotopic (exact) mass is 531 g/mol. The number of thioether (sulfide) groups is 1. The van der Waals surface area contributed by atoms with Crippen LogP contribution in [-0.4, -0.2) is 50.6 Å². The number of rotatable bonds is 10. The molecule has 4 rings (SSSR count). The van der Waals surface area contributed by atoms with Crippen molar-refractivity contribution in [1.82, 2.24) is 5.32 Å². The number of amides is 2. The molecule has 38 heavy (non-hydrogen) atoms. The van der Waals surface area contributed by atoms with Crippen LogP contribution in [0.15, 0.2) is 83.5 Å². The Morgan fingerprint density at radius 2 is 1.68 bits per heavy atom. The summed E-state index contributed by atoms with van der Waals surface area (Å²) in [5.41, 5.74) is 2.83. The second-order valence-corrected chi connectivity index (χ2v) is 9.19. The van der Waals surface area contributed by atoms with Crippen LogP contribution in [0.5, 0.6) is 17.2 Å². The Morgan fingerprint density at radius 3 is 2.37 bits per heavy atom. The van der Waals surface area contributed by atoms with E-state index in [4.69, 9.17) is 14.2 Å². The standard InChI is InChI=1S/C29H29N3O5S/c1-35-23-12-9-20(10-13-23)17-24-28(34)32(22-7-5-4-6-8-22)29(31-24)38-19-27(33)30-16-15-21-11-14-25(36-2)26(18-21)37-3/h4-14,17-18H,15-16,19H2,1-3H3,(H,30,33)/b24-17+. The van der Waals surface area contributed by atoms with Gasteiger partial charge in [-0.15, -0.1) is 0 Å². The molecule has 3 aromatic carbocycles. The highest BCUT2D eigenvalue weighted by Crippen LogP contribution is 2.30. The van der Waals surface area contributed by atoms with Crippen LogP contribution in [0, 0.1) is 0 Å². The maximum absolute atomic E-state index is 13.3. The van der Waals surface area contributed by atoms with Crippen LogP contribution in [0.4, 0.5) is 5.69 Å². The van der Waals surface area contributed by atoms with E-state index < -0.39 is 0 Å². The molecule has 0 unspecified atom stereocenters. The maximum atomic E-state index is 13.3. The number of hydrogen-bond donors (Lipinski definition) is 1. The number of benzene rings is 3. The average Bonchev–Trinajstić information content (AvgIpc) is 3.27. The lowest BCUT2D eigenvalue weighted by Crippen LogP contribution is -2.32. The third-order valence-electron chi connectivity index (χ3n) is 5.78. The van der Waals surface area contributed by atoms with Crippen molar-refractivity contribution in [2.75, 3.05) is 38.5 Å². The molecule has 0 aliphatic carbocycles. The predicted molar refractivity (Wildman–Crippen MR) is 151 cm³/mol. The Morgan fingerprint density at radius 1 is 0.947 bits per heavy atom. The van der Waals surface area contributed by atoms with Gasteiger partial charge in [0.2, 0.25) is 5.91 Å². The average molecular weight is 532 g/mol. The number of nitrogens with zero attached hydrogens (tertiary/aromatic N) is 2. The molecule has 0 aromatic heterocycles. The molecule has 3 aromatic rings. The fourth-order valence-corrected chi connectivity index (χ4v) is 4.66. The zero-order valence-corrected chi connectivity index (χ0v) is 22.3. The molecule has 0 atom stereocenters. The molecule has 0 bridgehead atoms. The van der Waals surface area contributed by atoms with Crippen molar-refractivity contribution in [3.05, 3.63) is 89.6 Å². The number of para-hydroxylation sites is 1. The minimum atomic E-state index is -0.247. The first-order chi connectivity index (χ1) is 18.5. The maximum Gasteiger partial charge on any atom is 0.283 e. The summed E-state index contributed by atoms with van der Waals surface area (Å²) in [4.78, 5) is 32.0. The first-order valence-electron chi connectivity index (χ1n) is 12.0. The molecular formula is C29H29N3O5S. The van der Waals surface area contributed by atoms with Gasteiger partial charge in [0, 0.05) is 6.54 Å². The van der Waals surface area contributed by atoms with Gasteiger partial charge in [0.05, 0.1) is 32.8 Å². The number of hydrogen-bond acceptors (Lipinski definition) is 7. The summed E-state index contributed by atoms with van der Waals surface area (Å²) in [7, 11) is 4.79. The summed E-state index contributed by atoms with van der Waals surface area (Å²) in [6.45, 7) is 0.464. The van der Waals surface area contributed by atoms with E-state index in [1.807, 2.05) is 72.8 Å². The van der Waals surface area contributed by atoms with Gasteiger partial charge in [0.1, 0.15) is 11.4 Å². The molecule has 1 N–H and O–H groups in total. The quantitative estimate of drug-likeness (QED) is 0.386. The molecule has 0 radical (unpaired) electrons. The van der Waals surface area contributed by atoms with Crippen molar-refractivity contribution in [3.8, 4) is 17.2 Å². The van der Waals surface area contributed by atoms with E-state index in [9.17, 15) is 9.59 Å². The minimum absolute atomic E-state index is 0.122. The van der Waals surface area contributed by atoms with Crippen molar-refractivity contribution < 1.29 is 23.8 Å². The van der Waals surface area contributed by atoms with Crippen LogP contribution < -0.4 is 24.4 Å². The number of carbonyl (C=O) groups excluding carboxylic acids is 2. The first-order valence-corrected chi connectivity index (χ1v) is 12.9. The number of carbonyl (C=O) groups is 2. The molecule has 0 saturated carbocycles. The number of nitrogens with one attached hydrogen (secondary N) is 1. The lowest BCUT2D eigenvalue weighted by atomic mass is 10.1. The van der Waals surface area contributed by atoms with Crippen molar-refractivity contribution in [2.45, 2.75) is 6.42 Å². The van der Waals surface area contributed by atoms with E-state index in [1.165, 1.54) is 16.7 Å². The number of ether oxygens (including phenoxy) is 3.